The first-order valence-electron chi connectivity index (χ1n) is 16.3. The van der Waals surface area contributed by atoms with Gasteiger partial charge >= 0.3 is 5.97 Å². The number of nitrogens with one attached hydrogen (secondary N) is 4. The van der Waals surface area contributed by atoms with Gasteiger partial charge in [0.15, 0.2) is 0 Å². The number of carboxylic acid groups (broad SMARTS) is 1. The van der Waals surface area contributed by atoms with E-state index < -0.39 is 71.6 Å². The number of benzene rings is 2. The van der Waals surface area contributed by atoms with E-state index >= 15 is 0 Å². The van der Waals surface area contributed by atoms with Crippen molar-refractivity contribution < 1.29 is 38.7 Å². The predicted octanol–water partition coefficient (Wildman–Crippen LogP) is -1.52. The van der Waals surface area contributed by atoms with Crippen molar-refractivity contribution in [2.45, 2.75) is 88.0 Å². The average Bonchev–Trinajstić information content (AvgIpc) is 3.08. The summed E-state index contributed by atoms with van der Waals surface area (Å²) in [7, 11) is 0. The van der Waals surface area contributed by atoms with Gasteiger partial charge in [-0.25, -0.2) is 4.79 Å². The van der Waals surface area contributed by atoms with E-state index in [0.29, 0.717) is 30.5 Å². The second-order valence-corrected chi connectivity index (χ2v) is 11.9. The molecule has 2 aromatic carbocycles. The number of carboxylic acids is 1. The second-order valence-electron chi connectivity index (χ2n) is 11.9. The van der Waals surface area contributed by atoms with Crippen LogP contribution in [0.4, 0.5) is 0 Å². The van der Waals surface area contributed by atoms with Crippen molar-refractivity contribution in [2.75, 3.05) is 6.54 Å². The van der Waals surface area contributed by atoms with E-state index in [1.165, 1.54) is 0 Å². The molecule has 0 saturated heterocycles. The Morgan fingerprint density at radius 2 is 0.980 bits per heavy atom. The molecule has 2 aromatic rings. The molecule has 272 valence electrons. The first-order valence-corrected chi connectivity index (χ1v) is 16.3. The van der Waals surface area contributed by atoms with Gasteiger partial charge in [0.05, 0.1) is 6.04 Å². The smallest absolute Gasteiger partial charge is 0.326 e. The zero-order valence-electron chi connectivity index (χ0n) is 27.8. The molecule has 0 aromatic heterocycles. The molecule has 16 heteroatoms. The Morgan fingerprint density at radius 1 is 0.560 bits per heavy atom. The van der Waals surface area contributed by atoms with Crippen LogP contribution in [-0.2, 0) is 46.4 Å². The van der Waals surface area contributed by atoms with Crippen LogP contribution < -0.4 is 44.2 Å². The Morgan fingerprint density at radius 3 is 1.44 bits per heavy atom. The van der Waals surface area contributed by atoms with Crippen LogP contribution in [0.3, 0.4) is 0 Å². The summed E-state index contributed by atoms with van der Waals surface area (Å²) in [5.41, 5.74) is 23.3. The summed E-state index contributed by atoms with van der Waals surface area (Å²) in [6.45, 7) is 0.351. The summed E-state index contributed by atoms with van der Waals surface area (Å²) in [5.74, 6) is -5.84. The number of unbranched alkanes of at least 4 members (excludes halogenated alkanes) is 1. The highest BCUT2D eigenvalue weighted by molar-refractivity contribution is 5.96. The maximum absolute atomic E-state index is 13.7. The summed E-state index contributed by atoms with van der Waals surface area (Å²) < 4.78 is 0. The molecule has 0 aliphatic rings. The number of primary amides is 2. The Hall–Kier alpha value is -5.35. The molecule has 6 amide bonds. The van der Waals surface area contributed by atoms with Crippen LogP contribution in [0.2, 0.25) is 0 Å². The summed E-state index contributed by atoms with van der Waals surface area (Å²) in [4.78, 5) is 88.7. The molecular formula is C34H48N8O8. The van der Waals surface area contributed by atoms with Gasteiger partial charge in [-0.3, -0.25) is 28.8 Å². The van der Waals surface area contributed by atoms with Gasteiger partial charge < -0.3 is 49.3 Å². The average molecular weight is 697 g/mol. The molecule has 13 N–H and O–H groups in total. The maximum Gasteiger partial charge on any atom is 0.326 e. The van der Waals surface area contributed by atoms with Crippen molar-refractivity contribution in [3.05, 3.63) is 71.8 Å². The van der Waals surface area contributed by atoms with Crippen molar-refractivity contribution in [2.24, 2.45) is 22.9 Å². The first-order chi connectivity index (χ1) is 23.8. The lowest BCUT2D eigenvalue weighted by atomic mass is 10.0. The van der Waals surface area contributed by atoms with Crippen LogP contribution in [0, 0.1) is 0 Å². The van der Waals surface area contributed by atoms with E-state index in [1.54, 1.807) is 60.7 Å². The minimum Gasteiger partial charge on any atom is -0.480 e. The molecule has 16 nitrogen and oxygen atoms in total. The van der Waals surface area contributed by atoms with Crippen LogP contribution in [-0.4, -0.2) is 83.3 Å². The van der Waals surface area contributed by atoms with E-state index in [2.05, 4.69) is 21.3 Å². The number of amides is 6. The fourth-order valence-electron chi connectivity index (χ4n) is 4.95. The Bertz CT molecular complexity index is 1440. The molecule has 0 saturated carbocycles. The summed E-state index contributed by atoms with van der Waals surface area (Å²) in [5, 5.41) is 19.9. The maximum atomic E-state index is 13.7. The molecule has 50 heavy (non-hydrogen) atoms. The number of carbonyl (C=O) groups is 7. The number of nitrogens with two attached hydrogens (primary N) is 4. The van der Waals surface area contributed by atoms with Crippen LogP contribution in [0.5, 0.6) is 0 Å². The second kappa shape index (κ2) is 21.6. The predicted molar refractivity (Wildman–Crippen MR) is 183 cm³/mol. The number of carbonyl (C=O) groups excluding carboxylic acids is 6. The number of hydrogen-bond donors (Lipinski definition) is 9. The molecule has 0 radical (unpaired) electrons. The van der Waals surface area contributed by atoms with Gasteiger partial charge in [0.25, 0.3) is 0 Å². The molecule has 0 unspecified atom stereocenters. The SMILES string of the molecule is NCCCC[C@H](NC(=O)[C@H](Cc1ccccc1)NC(=O)[C@H](CCC(N)=O)NC(=O)[C@H](Cc1ccccc1)NC(=O)[C@@H](N)CCC(N)=O)C(=O)O. The van der Waals surface area contributed by atoms with Gasteiger partial charge in [0, 0.05) is 25.7 Å². The third-order valence-electron chi connectivity index (χ3n) is 7.74. The minimum absolute atomic E-state index is 0.00905. The van der Waals surface area contributed by atoms with Crippen LogP contribution >= 0.6 is 0 Å². The largest absolute Gasteiger partial charge is 0.480 e. The molecule has 0 heterocycles. The van der Waals surface area contributed by atoms with Crippen LogP contribution in [0.25, 0.3) is 0 Å². The molecule has 0 spiro atoms. The van der Waals surface area contributed by atoms with E-state index in [1.807, 2.05) is 0 Å². The fraction of sp³-hybridized carbons (Fsp3) is 0.441. The van der Waals surface area contributed by atoms with E-state index in [-0.39, 0.29) is 44.9 Å². The number of rotatable bonds is 23. The molecule has 2 rings (SSSR count). The normalized spacial score (nSPS) is 13.8. The van der Waals surface area contributed by atoms with Crippen molar-refractivity contribution in [1.29, 1.82) is 0 Å². The van der Waals surface area contributed by atoms with E-state index in [4.69, 9.17) is 22.9 Å². The van der Waals surface area contributed by atoms with Crippen LogP contribution in [0.1, 0.15) is 56.1 Å². The highest BCUT2D eigenvalue weighted by atomic mass is 16.4. The lowest BCUT2D eigenvalue weighted by Crippen LogP contribution is -2.59. The van der Waals surface area contributed by atoms with Crippen molar-refractivity contribution in [3.8, 4) is 0 Å². The van der Waals surface area contributed by atoms with Gasteiger partial charge in [-0.15, -0.1) is 0 Å². The third kappa shape index (κ3) is 15.3. The molecular weight excluding hydrogens is 648 g/mol. The third-order valence-corrected chi connectivity index (χ3v) is 7.74. The monoisotopic (exact) mass is 696 g/mol. The van der Waals surface area contributed by atoms with E-state index in [0.717, 1.165) is 0 Å². The Balaban J connectivity index is 2.34. The van der Waals surface area contributed by atoms with Crippen molar-refractivity contribution in [1.82, 2.24) is 21.3 Å². The molecule has 0 aliphatic heterocycles. The Kier molecular flexibility index (Phi) is 17.6. The molecule has 0 aliphatic carbocycles. The lowest BCUT2D eigenvalue weighted by molar-refractivity contribution is -0.142. The summed E-state index contributed by atoms with van der Waals surface area (Å²) >= 11 is 0. The standard InChI is InChI=1S/C34H48N8O8/c35-18-8-7-13-25(34(49)50)40-33(48)27(20-22-11-5-2-6-12-22)42-31(46)24(15-17-29(38)44)39-32(47)26(19-21-9-3-1-4-10-21)41-30(45)23(36)14-16-28(37)43/h1-6,9-12,23-27H,7-8,13-20,35-36H2,(H2,37,43)(H2,38,44)(H,39,47)(H,40,48)(H,41,45)(H,42,46)(H,49,50)/t23-,24-,25-,26-,27-/m0/s1. The lowest BCUT2D eigenvalue weighted by Gasteiger charge is -2.26. The number of hydrogen-bond acceptors (Lipinski definition) is 9. The van der Waals surface area contributed by atoms with Crippen LogP contribution in [0.15, 0.2) is 60.7 Å². The minimum atomic E-state index is -1.40. The van der Waals surface area contributed by atoms with Crippen molar-refractivity contribution in [3.63, 3.8) is 0 Å². The zero-order chi connectivity index (χ0) is 37.1. The van der Waals surface area contributed by atoms with E-state index in [9.17, 15) is 38.7 Å². The fourth-order valence-corrected chi connectivity index (χ4v) is 4.95. The van der Waals surface area contributed by atoms with Crippen molar-refractivity contribution >= 4 is 41.4 Å². The Labute approximate surface area is 290 Å². The number of aliphatic carboxylic acids is 1. The first kappa shape index (κ1) is 40.8. The van der Waals surface area contributed by atoms with Gasteiger partial charge in [-0.05, 0) is 49.8 Å². The van der Waals surface area contributed by atoms with Gasteiger partial charge in [-0.2, -0.15) is 0 Å². The molecule has 0 bridgehead atoms. The summed E-state index contributed by atoms with van der Waals surface area (Å²) in [6, 6.07) is 11.0. The van der Waals surface area contributed by atoms with Gasteiger partial charge in [-0.1, -0.05) is 60.7 Å². The summed E-state index contributed by atoms with van der Waals surface area (Å²) in [6.07, 6.45) is 0.283. The molecule has 0 fully saturated rings. The molecule has 5 atom stereocenters. The quantitative estimate of drug-likeness (QED) is 0.0605. The van der Waals surface area contributed by atoms with Gasteiger partial charge in [0.2, 0.25) is 35.4 Å². The highest BCUT2D eigenvalue weighted by Crippen LogP contribution is 2.10. The topological polar surface area (TPSA) is 292 Å². The highest BCUT2D eigenvalue weighted by Gasteiger charge is 2.32. The van der Waals surface area contributed by atoms with Gasteiger partial charge in [0.1, 0.15) is 24.2 Å². The zero-order valence-corrected chi connectivity index (χ0v) is 27.8.